The number of carbonyl (C=O) groups is 3. The lowest BCUT2D eigenvalue weighted by molar-refractivity contribution is -0.862. The molecule has 29 heavy (non-hydrogen) atoms. The maximum Gasteiger partial charge on any atom is 0.279 e. The molecule has 152 valence electrons. The number of carbonyl (C=O) groups excluding carboxylic acids is 3. The van der Waals surface area contributed by atoms with Crippen LogP contribution in [0.4, 0.5) is 5.69 Å². The van der Waals surface area contributed by atoms with Crippen molar-refractivity contribution in [1.29, 1.82) is 0 Å². The minimum absolute atomic E-state index is 0.0123. The van der Waals surface area contributed by atoms with Crippen molar-refractivity contribution >= 4 is 23.3 Å². The molecule has 1 saturated heterocycles. The molecule has 1 heterocycles. The fourth-order valence-corrected chi connectivity index (χ4v) is 3.25. The number of rotatable bonds is 7. The van der Waals surface area contributed by atoms with Gasteiger partial charge in [-0.25, -0.2) is 0 Å². The predicted molar refractivity (Wildman–Crippen MR) is 109 cm³/mol. The van der Waals surface area contributed by atoms with Crippen molar-refractivity contribution in [1.82, 2.24) is 4.90 Å². The quantitative estimate of drug-likeness (QED) is 0.657. The molecule has 1 atom stereocenters. The predicted octanol–water partition coefficient (Wildman–Crippen LogP) is 0.230. The third kappa shape index (κ3) is 5.73. The normalized spacial score (nSPS) is 14.9. The van der Waals surface area contributed by atoms with Crippen LogP contribution in [-0.4, -0.2) is 68.9 Å². The minimum Gasteiger partial charge on any atom is -0.378 e. The van der Waals surface area contributed by atoms with Gasteiger partial charge in [0.25, 0.3) is 11.8 Å². The zero-order valence-electron chi connectivity index (χ0n) is 16.5. The summed E-state index contributed by atoms with van der Waals surface area (Å²) in [7, 11) is 1.80. The summed E-state index contributed by atoms with van der Waals surface area (Å²) in [5.41, 5.74) is 1.47. The Labute approximate surface area is 170 Å². The van der Waals surface area contributed by atoms with Crippen LogP contribution in [0.1, 0.15) is 15.9 Å². The number of ketones is 1. The Hall–Kier alpha value is -3.03. The highest BCUT2D eigenvalue weighted by Gasteiger charge is 2.22. The molecule has 0 radical (unpaired) electrons. The van der Waals surface area contributed by atoms with Crippen LogP contribution in [0.2, 0.25) is 0 Å². The van der Waals surface area contributed by atoms with E-state index in [1.165, 1.54) is 0 Å². The van der Waals surface area contributed by atoms with Gasteiger partial charge >= 0.3 is 0 Å². The molecule has 0 aromatic heterocycles. The van der Waals surface area contributed by atoms with Gasteiger partial charge in [-0.3, -0.25) is 14.4 Å². The van der Waals surface area contributed by atoms with E-state index < -0.39 is 0 Å². The second-order valence-corrected chi connectivity index (χ2v) is 7.09. The first-order chi connectivity index (χ1) is 14.0. The number of quaternary nitrogens is 1. The molecule has 1 aliphatic heterocycles. The number of anilines is 1. The lowest BCUT2D eigenvalue weighted by Gasteiger charge is -2.27. The summed E-state index contributed by atoms with van der Waals surface area (Å²) in [6, 6.07) is 15.9. The number of hydrogen-bond acceptors (Lipinski definition) is 4. The van der Waals surface area contributed by atoms with Gasteiger partial charge in [0.2, 0.25) is 0 Å². The van der Waals surface area contributed by atoms with Crippen molar-refractivity contribution in [2.24, 2.45) is 0 Å². The first-order valence-corrected chi connectivity index (χ1v) is 9.70. The van der Waals surface area contributed by atoms with E-state index in [0.29, 0.717) is 43.1 Å². The number of para-hydroxylation sites is 1. The van der Waals surface area contributed by atoms with E-state index in [4.69, 9.17) is 4.74 Å². The number of likely N-dealkylation sites (N-methyl/N-ethyl adjacent to an activating group) is 1. The molecule has 2 aromatic carbocycles. The van der Waals surface area contributed by atoms with E-state index >= 15 is 0 Å². The van der Waals surface area contributed by atoms with E-state index in [1.807, 2.05) is 6.07 Å². The molecular formula is C22H26N3O4+. The van der Waals surface area contributed by atoms with E-state index in [1.54, 1.807) is 60.5 Å². The standard InChI is InChI=1S/C22H25N3O4/c1-24(16-21(27)25-11-13-29-14-12-25)15-20(26)23-19-10-6-5-9-18(19)22(28)17-7-3-2-4-8-17/h2-10H,11-16H2,1H3,(H,23,26)/p+1. The van der Waals surface area contributed by atoms with Crippen molar-refractivity contribution in [3.63, 3.8) is 0 Å². The van der Waals surface area contributed by atoms with Gasteiger partial charge < -0.3 is 19.9 Å². The molecule has 1 aliphatic rings. The number of nitrogens with one attached hydrogen (secondary N) is 2. The van der Waals surface area contributed by atoms with E-state index in [-0.39, 0.29) is 30.7 Å². The summed E-state index contributed by atoms with van der Waals surface area (Å²) in [5, 5.41) is 2.82. The molecule has 0 spiro atoms. The van der Waals surface area contributed by atoms with E-state index in [0.717, 1.165) is 4.90 Å². The second-order valence-electron chi connectivity index (χ2n) is 7.09. The van der Waals surface area contributed by atoms with Crippen molar-refractivity contribution in [3.05, 3.63) is 65.7 Å². The van der Waals surface area contributed by atoms with Crippen LogP contribution in [-0.2, 0) is 14.3 Å². The van der Waals surface area contributed by atoms with Crippen molar-refractivity contribution < 1.29 is 24.0 Å². The Balaban J connectivity index is 1.59. The molecule has 7 heteroatoms. The van der Waals surface area contributed by atoms with Crippen molar-refractivity contribution in [2.45, 2.75) is 0 Å². The lowest BCUT2D eigenvalue weighted by atomic mass is 10.0. The number of hydrogen-bond donors (Lipinski definition) is 2. The third-order valence-electron chi connectivity index (χ3n) is 4.76. The lowest BCUT2D eigenvalue weighted by Crippen LogP contribution is -3.11. The van der Waals surface area contributed by atoms with Gasteiger partial charge in [-0.15, -0.1) is 0 Å². The third-order valence-corrected chi connectivity index (χ3v) is 4.76. The Morgan fingerprint density at radius 3 is 2.34 bits per heavy atom. The number of benzene rings is 2. The van der Waals surface area contributed by atoms with E-state index in [2.05, 4.69) is 5.32 Å². The van der Waals surface area contributed by atoms with Gasteiger partial charge in [0, 0.05) is 24.2 Å². The minimum atomic E-state index is -0.245. The summed E-state index contributed by atoms with van der Waals surface area (Å²) >= 11 is 0. The molecule has 0 saturated carbocycles. The zero-order valence-corrected chi connectivity index (χ0v) is 16.5. The molecule has 2 amide bonds. The second kappa shape index (κ2) is 9.95. The fourth-order valence-electron chi connectivity index (χ4n) is 3.25. The fraction of sp³-hybridized carbons (Fsp3) is 0.318. The average molecular weight is 396 g/mol. The summed E-state index contributed by atoms with van der Waals surface area (Å²) in [6.07, 6.45) is 0. The van der Waals surface area contributed by atoms with Crippen molar-refractivity contribution in [2.75, 3.05) is 51.8 Å². The Bertz CT molecular complexity index is 863. The van der Waals surface area contributed by atoms with Crippen LogP contribution in [0, 0.1) is 0 Å². The van der Waals surface area contributed by atoms with Gasteiger partial charge in [0.15, 0.2) is 18.9 Å². The molecule has 2 aromatic rings. The molecule has 0 bridgehead atoms. The highest BCUT2D eigenvalue weighted by Crippen LogP contribution is 2.19. The van der Waals surface area contributed by atoms with Gasteiger partial charge in [-0.1, -0.05) is 42.5 Å². The van der Waals surface area contributed by atoms with Gasteiger partial charge in [-0.05, 0) is 12.1 Å². The van der Waals surface area contributed by atoms with Gasteiger partial charge in [-0.2, -0.15) is 0 Å². The highest BCUT2D eigenvalue weighted by atomic mass is 16.5. The van der Waals surface area contributed by atoms with Crippen LogP contribution in [0.15, 0.2) is 54.6 Å². The average Bonchev–Trinajstić information content (AvgIpc) is 2.74. The largest absolute Gasteiger partial charge is 0.378 e. The van der Waals surface area contributed by atoms with Crippen molar-refractivity contribution in [3.8, 4) is 0 Å². The summed E-state index contributed by atoms with van der Waals surface area (Å²) in [6.45, 7) is 2.65. The van der Waals surface area contributed by atoms with Gasteiger partial charge in [0.1, 0.15) is 0 Å². The first kappa shape index (κ1) is 20.7. The number of nitrogens with zero attached hydrogens (tertiary/aromatic N) is 1. The van der Waals surface area contributed by atoms with Crippen LogP contribution in [0.25, 0.3) is 0 Å². The first-order valence-electron chi connectivity index (χ1n) is 9.70. The van der Waals surface area contributed by atoms with Crippen LogP contribution in [0.5, 0.6) is 0 Å². The number of amides is 2. The van der Waals surface area contributed by atoms with Crippen LogP contribution < -0.4 is 10.2 Å². The summed E-state index contributed by atoms with van der Waals surface area (Å²) in [5.74, 6) is -0.381. The number of morpholine rings is 1. The van der Waals surface area contributed by atoms with Gasteiger partial charge in [0.05, 0.1) is 25.9 Å². The maximum atomic E-state index is 12.8. The molecule has 2 N–H and O–H groups in total. The number of ether oxygens (including phenoxy) is 1. The van der Waals surface area contributed by atoms with E-state index in [9.17, 15) is 14.4 Å². The summed E-state index contributed by atoms with van der Waals surface area (Å²) < 4.78 is 5.26. The molecule has 1 unspecified atom stereocenters. The SMILES string of the molecule is C[NH+](CC(=O)Nc1ccccc1C(=O)c1ccccc1)CC(=O)N1CCOCC1. The Kier molecular flexibility index (Phi) is 7.10. The smallest absolute Gasteiger partial charge is 0.279 e. The molecular weight excluding hydrogens is 370 g/mol. The maximum absolute atomic E-state index is 12.8. The zero-order chi connectivity index (χ0) is 20.6. The Morgan fingerprint density at radius 2 is 1.62 bits per heavy atom. The highest BCUT2D eigenvalue weighted by molar-refractivity contribution is 6.13. The van der Waals surface area contributed by atoms with Crippen LogP contribution >= 0.6 is 0 Å². The topological polar surface area (TPSA) is 80.2 Å². The summed E-state index contributed by atoms with van der Waals surface area (Å²) in [4.78, 5) is 40.1. The molecule has 1 fully saturated rings. The Morgan fingerprint density at radius 1 is 0.966 bits per heavy atom. The monoisotopic (exact) mass is 396 g/mol. The van der Waals surface area contributed by atoms with Crippen LogP contribution in [0.3, 0.4) is 0 Å². The molecule has 3 rings (SSSR count). The molecule has 7 nitrogen and oxygen atoms in total. The molecule has 0 aliphatic carbocycles.